The molecule has 2 atom stereocenters. The highest BCUT2D eigenvalue weighted by molar-refractivity contribution is 8.18. The molecule has 2 fully saturated rings. The molecule has 5 rings (SSSR count). The average Bonchev–Trinajstić information content (AvgIpc) is 3.51. The molecule has 8 nitrogen and oxygen atoms in total. The van der Waals surface area contributed by atoms with Gasteiger partial charge in [-0.1, -0.05) is 23.7 Å². The summed E-state index contributed by atoms with van der Waals surface area (Å²) in [5.74, 6) is -0.437. The zero-order chi connectivity index (χ0) is 27.9. The van der Waals surface area contributed by atoms with E-state index in [4.69, 9.17) is 11.6 Å². The van der Waals surface area contributed by atoms with Crippen LogP contribution in [0, 0.1) is 0 Å². The number of amides is 2. The molecule has 206 valence electrons. The van der Waals surface area contributed by atoms with Crippen molar-refractivity contribution in [3.05, 3.63) is 69.2 Å². The van der Waals surface area contributed by atoms with Gasteiger partial charge in [-0.25, -0.2) is 0 Å². The summed E-state index contributed by atoms with van der Waals surface area (Å²) in [6, 6.07) is 8.55. The summed E-state index contributed by atoms with van der Waals surface area (Å²) in [6.07, 6.45) is -1.61. The van der Waals surface area contributed by atoms with Crippen molar-refractivity contribution in [1.29, 1.82) is 0 Å². The number of rotatable bonds is 7. The lowest BCUT2D eigenvalue weighted by atomic mass is 10.1. The number of carbonyl (C=O) groups excluding carboxylic acids is 2. The first-order valence-electron chi connectivity index (χ1n) is 12.1. The maximum absolute atomic E-state index is 13.5. The Morgan fingerprint density at radius 3 is 2.72 bits per heavy atom. The van der Waals surface area contributed by atoms with E-state index in [1.54, 1.807) is 24.3 Å². The predicted molar refractivity (Wildman–Crippen MR) is 141 cm³/mol. The van der Waals surface area contributed by atoms with Crippen molar-refractivity contribution < 1.29 is 33.0 Å². The Morgan fingerprint density at radius 1 is 1.18 bits per heavy atom. The van der Waals surface area contributed by atoms with Crippen molar-refractivity contribution in [3.63, 3.8) is 0 Å². The number of fused-ring (bicyclic) bond motifs is 1. The molecule has 2 aromatic carbocycles. The van der Waals surface area contributed by atoms with Crippen molar-refractivity contribution in [2.75, 3.05) is 26.2 Å². The van der Waals surface area contributed by atoms with Crippen LogP contribution in [-0.4, -0.2) is 79.3 Å². The molecule has 3 aromatic rings. The van der Waals surface area contributed by atoms with Gasteiger partial charge in [0.25, 0.3) is 11.1 Å². The number of aromatic nitrogens is 2. The Hall–Kier alpha value is -2.90. The quantitative estimate of drug-likeness (QED) is 0.404. The van der Waals surface area contributed by atoms with Crippen LogP contribution in [-0.2, 0) is 17.5 Å². The van der Waals surface area contributed by atoms with Crippen molar-refractivity contribution >= 4 is 51.5 Å². The fourth-order valence-electron chi connectivity index (χ4n) is 5.00. The van der Waals surface area contributed by atoms with Crippen LogP contribution in [0.1, 0.15) is 23.1 Å². The zero-order valence-corrected chi connectivity index (χ0v) is 22.0. The number of aliphatic hydroxyl groups excluding tert-OH is 2. The van der Waals surface area contributed by atoms with Crippen LogP contribution in [0.15, 0.2) is 47.5 Å². The average molecular weight is 581 g/mol. The minimum Gasteiger partial charge on any atom is -0.395 e. The van der Waals surface area contributed by atoms with Gasteiger partial charge in [-0.3, -0.25) is 24.1 Å². The maximum Gasteiger partial charge on any atom is 0.416 e. The molecule has 0 radical (unpaired) electrons. The Balaban J connectivity index is 1.34. The lowest BCUT2D eigenvalue weighted by Crippen LogP contribution is -2.43. The Bertz CT molecular complexity index is 1460. The number of nitrogens with zero attached hydrogens (tertiary/aromatic N) is 4. The summed E-state index contributed by atoms with van der Waals surface area (Å²) in [4.78, 5) is 28.9. The summed E-state index contributed by atoms with van der Waals surface area (Å²) >= 11 is 6.61. The molecule has 2 aliphatic heterocycles. The number of benzene rings is 2. The van der Waals surface area contributed by atoms with Gasteiger partial charge < -0.3 is 10.2 Å². The number of hydrogen-bond acceptors (Lipinski definition) is 7. The third kappa shape index (κ3) is 5.85. The fraction of sp³-hybridized carbons (Fsp3) is 0.346. The molecular formula is C26H24ClF3N4O4S. The Kier molecular flexibility index (Phi) is 7.75. The van der Waals surface area contributed by atoms with Gasteiger partial charge in [0.15, 0.2) is 0 Å². The van der Waals surface area contributed by atoms with Crippen LogP contribution in [0.4, 0.5) is 18.0 Å². The predicted octanol–water partition coefficient (Wildman–Crippen LogP) is 4.22. The van der Waals surface area contributed by atoms with Crippen molar-refractivity contribution in [1.82, 2.24) is 19.6 Å². The highest BCUT2D eigenvalue weighted by Gasteiger charge is 2.40. The van der Waals surface area contributed by atoms with Crippen molar-refractivity contribution in [2.45, 2.75) is 31.3 Å². The molecule has 2 saturated heterocycles. The van der Waals surface area contributed by atoms with Gasteiger partial charge in [0, 0.05) is 36.1 Å². The first-order chi connectivity index (χ1) is 18.5. The van der Waals surface area contributed by atoms with E-state index < -0.39 is 29.0 Å². The van der Waals surface area contributed by atoms with Crippen LogP contribution < -0.4 is 0 Å². The third-order valence-corrected chi connectivity index (χ3v) is 7.96. The van der Waals surface area contributed by atoms with Crippen molar-refractivity contribution in [3.8, 4) is 0 Å². The van der Waals surface area contributed by atoms with E-state index in [9.17, 15) is 33.0 Å². The van der Waals surface area contributed by atoms with E-state index in [1.165, 1.54) is 23.0 Å². The van der Waals surface area contributed by atoms with E-state index in [-0.39, 0.29) is 41.2 Å². The summed E-state index contributed by atoms with van der Waals surface area (Å²) in [7, 11) is 0. The second-order valence-corrected chi connectivity index (χ2v) is 10.9. The topological polar surface area (TPSA) is 98.9 Å². The Labute approximate surface area is 230 Å². The van der Waals surface area contributed by atoms with E-state index >= 15 is 0 Å². The molecule has 0 unspecified atom stereocenters. The van der Waals surface area contributed by atoms with Crippen LogP contribution in [0.25, 0.3) is 17.0 Å². The summed E-state index contributed by atoms with van der Waals surface area (Å²) in [5, 5.41) is 23.8. The van der Waals surface area contributed by atoms with Gasteiger partial charge in [-0.15, -0.1) is 0 Å². The number of halogens is 4. The molecule has 0 aliphatic carbocycles. The summed E-state index contributed by atoms with van der Waals surface area (Å²) in [6.45, 7) is 0.636. The summed E-state index contributed by atoms with van der Waals surface area (Å²) < 4.78 is 42.0. The maximum atomic E-state index is 13.5. The third-order valence-electron chi connectivity index (χ3n) is 6.82. The van der Waals surface area contributed by atoms with Crippen LogP contribution in [0.5, 0.6) is 0 Å². The molecule has 0 spiro atoms. The number of imide groups is 1. The molecule has 2 N–H and O–H groups in total. The van der Waals surface area contributed by atoms with E-state index in [0.717, 1.165) is 22.7 Å². The van der Waals surface area contributed by atoms with Gasteiger partial charge in [0.1, 0.15) is 0 Å². The SMILES string of the molecule is O=C1SC(=Cc2ccc3c(cnn3Cc3ccc(Cl)cc3C(F)(F)F)c2)C(=O)N1C[C@@H]1C[C@@H](O)CN1CCO. The number of likely N-dealkylation sites (tertiary alicyclic amines) is 1. The molecule has 2 aliphatic rings. The minimum absolute atomic E-state index is 0.00576. The molecule has 1 aromatic heterocycles. The highest BCUT2D eigenvalue weighted by Crippen LogP contribution is 2.36. The number of thioether (sulfide) groups is 1. The molecular weight excluding hydrogens is 557 g/mol. The normalized spacial score (nSPS) is 21.7. The number of hydrogen-bond donors (Lipinski definition) is 2. The van der Waals surface area contributed by atoms with E-state index in [2.05, 4.69) is 5.10 Å². The minimum atomic E-state index is -4.56. The van der Waals surface area contributed by atoms with E-state index in [1.807, 2.05) is 4.90 Å². The van der Waals surface area contributed by atoms with Crippen molar-refractivity contribution in [2.24, 2.45) is 0 Å². The Morgan fingerprint density at radius 2 is 1.97 bits per heavy atom. The van der Waals surface area contributed by atoms with E-state index in [0.29, 0.717) is 36.0 Å². The van der Waals surface area contributed by atoms with Gasteiger partial charge in [-0.05, 0) is 59.7 Å². The molecule has 0 saturated carbocycles. The largest absolute Gasteiger partial charge is 0.416 e. The zero-order valence-electron chi connectivity index (χ0n) is 20.4. The highest BCUT2D eigenvalue weighted by atomic mass is 35.5. The van der Waals surface area contributed by atoms with Gasteiger partial charge in [0.2, 0.25) is 0 Å². The molecule has 3 heterocycles. The molecule has 0 bridgehead atoms. The number of carbonyl (C=O) groups is 2. The lowest BCUT2D eigenvalue weighted by Gasteiger charge is -2.26. The smallest absolute Gasteiger partial charge is 0.395 e. The first-order valence-corrected chi connectivity index (χ1v) is 13.3. The van der Waals surface area contributed by atoms with Crippen LogP contribution in [0.2, 0.25) is 5.02 Å². The second-order valence-electron chi connectivity index (χ2n) is 9.47. The number of aliphatic hydroxyl groups is 2. The lowest BCUT2D eigenvalue weighted by molar-refractivity contribution is -0.138. The first kappa shape index (κ1) is 27.7. The van der Waals surface area contributed by atoms with Gasteiger partial charge >= 0.3 is 6.18 Å². The number of alkyl halides is 3. The molecule has 39 heavy (non-hydrogen) atoms. The molecule has 13 heteroatoms. The van der Waals surface area contributed by atoms with Gasteiger partial charge in [0.05, 0.1) is 41.4 Å². The standard InChI is InChI=1S/C26H24ClF3N4O4S/c27-18-3-2-16(21(9-18)26(28,29)30)12-34-22-4-1-15(7-17(22)11-31-34)8-23-24(37)33(25(38)39-23)13-19-10-20(36)14-32(19)5-6-35/h1-4,7-9,11,19-20,35-36H,5-6,10,12-14H2/t19-,20+/m0/s1. The second kappa shape index (κ2) is 10.9. The fourth-order valence-corrected chi connectivity index (χ4v) is 6.02. The number of β-amino-alcohol motifs (C(OH)–C–C–N with tert-alkyl or cyclic N) is 2. The van der Waals surface area contributed by atoms with Crippen LogP contribution in [0.3, 0.4) is 0 Å². The summed E-state index contributed by atoms with van der Waals surface area (Å²) in [5.41, 5.74) is 0.444. The van der Waals surface area contributed by atoms with Gasteiger partial charge in [-0.2, -0.15) is 18.3 Å². The monoisotopic (exact) mass is 580 g/mol. The van der Waals surface area contributed by atoms with Crippen LogP contribution >= 0.6 is 23.4 Å². The molecule has 2 amide bonds.